The normalized spacial score (nSPS) is 11.1. The highest BCUT2D eigenvalue weighted by Crippen LogP contribution is 2.22. The van der Waals surface area contributed by atoms with Crippen LogP contribution in [-0.4, -0.2) is 25.3 Å². The third-order valence-corrected chi connectivity index (χ3v) is 3.04. The third-order valence-electron chi connectivity index (χ3n) is 2.70. The second-order valence-electron chi connectivity index (χ2n) is 4.02. The maximum atomic E-state index is 8.00. The Bertz CT molecular complexity index is 484. The Kier molecular flexibility index (Phi) is 7.40. The number of carbonyl (C=O) groups excluding carboxylic acids is 1. The van der Waals surface area contributed by atoms with E-state index in [1.807, 2.05) is 49.3 Å². The number of benzene rings is 2. The average molecular weight is 292 g/mol. The van der Waals surface area contributed by atoms with Gasteiger partial charge in [-0.05, 0) is 23.3 Å². The molecular formula is C16H18ClNO2. The molecule has 1 atom stereocenters. The van der Waals surface area contributed by atoms with Crippen LogP contribution in [0.2, 0.25) is 0 Å². The smallest absolute Gasteiger partial charge is 0.124 e. The number of halogens is 1. The Morgan fingerprint density at radius 3 is 2.05 bits per heavy atom. The van der Waals surface area contributed by atoms with Gasteiger partial charge in [0.25, 0.3) is 0 Å². The minimum atomic E-state index is -0.130. The molecular weight excluding hydrogens is 274 g/mol. The molecule has 0 aromatic heterocycles. The molecule has 2 aromatic carbocycles. The van der Waals surface area contributed by atoms with E-state index in [1.54, 1.807) is 0 Å². The number of hydrogen-bond donors (Lipinski definition) is 1. The standard InChI is InChI=1S/C15H16ClNO.CH2O/c16-10-15(11-17)18-14-8-6-13(7-9-14)12-4-2-1-3-5-12;1-2/h1-9,15H,10-11,17H2;1H2. The molecule has 0 saturated heterocycles. The van der Waals surface area contributed by atoms with Crippen molar-refractivity contribution in [1.82, 2.24) is 0 Å². The van der Waals surface area contributed by atoms with Crippen LogP contribution in [0.25, 0.3) is 11.1 Å². The maximum Gasteiger partial charge on any atom is 0.124 e. The van der Waals surface area contributed by atoms with E-state index in [-0.39, 0.29) is 6.10 Å². The zero-order chi connectivity index (χ0) is 14.8. The van der Waals surface area contributed by atoms with Gasteiger partial charge in [-0.3, -0.25) is 0 Å². The third kappa shape index (κ3) is 4.68. The van der Waals surface area contributed by atoms with Crippen LogP contribution in [-0.2, 0) is 4.79 Å². The van der Waals surface area contributed by atoms with E-state index in [2.05, 4.69) is 12.1 Å². The summed E-state index contributed by atoms with van der Waals surface area (Å²) in [6.45, 7) is 2.42. The van der Waals surface area contributed by atoms with Crippen molar-refractivity contribution >= 4 is 18.4 Å². The second-order valence-corrected chi connectivity index (χ2v) is 4.33. The number of hydrogen-bond acceptors (Lipinski definition) is 3. The SMILES string of the molecule is C=O.NCC(CCl)Oc1ccc(-c2ccccc2)cc1. The van der Waals surface area contributed by atoms with Crippen molar-refractivity contribution in [3.8, 4) is 16.9 Å². The van der Waals surface area contributed by atoms with Crippen molar-refractivity contribution in [2.75, 3.05) is 12.4 Å². The van der Waals surface area contributed by atoms with Gasteiger partial charge in [-0.25, -0.2) is 0 Å². The largest absolute Gasteiger partial charge is 0.488 e. The molecule has 0 radical (unpaired) electrons. The molecule has 0 bridgehead atoms. The predicted molar refractivity (Wildman–Crippen MR) is 83.2 cm³/mol. The predicted octanol–water partition coefficient (Wildman–Crippen LogP) is 3.11. The van der Waals surface area contributed by atoms with E-state index in [4.69, 9.17) is 26.9 Å². The number of alkyl halides is 1. The van der Waals surface area contributed by atoms with Gasteiger partial charge in [-0.2, -0.15) is 0 Å². The highest BCUT2D eigenvalue weighted by molar-refractivity contribution is 6.18. The fraction of sp³-hybridized carbons (Fsp3) is 0.188. The van der Waals surface area contributed by atoms with Gasteiger partial charge in [0.05, 0.1) is 5.88 Å². The summed E-state index contributed by atoms with van der Waals surface area (Å²) in [5.41, 5.74) is 7.90. The Hall–Kier alpha value is -1.84. The van der Waals surface area contributed by atoms with Gasteiger partial charge < -0.3 is 15.3 Å². The molecule has 4 heteroatoms. The van der Waals surface area contributed by atoms with Crippen molar-refractivity contribution < 1.29 is 9.53 Å². The summed E-state index contributed by atoms with van der Waals surface area (Å²) in [5.74, 6) is 1.20. The topological polar surface area (TPSA) is 52.3 Å². The lowest BCUT2D eigenvalue weighted by molar-refractivity contribution is -0.0979. The quantitative estimate of drug-likeness (QED) is 0.861. The van der Waals surface area contributed by atoms with E-state index in [1.165, 1.54) is 5.56 Å². The van der Waals surface area contributed by atoms with Crippen molar-refractivity contribution in [3.63, 3.8) is 0 Å². The van der Waals surface area contributed by atoms with E-state index in [0.717, 1.165) is 11.3 Å². The molecule has 0 fully saturated rings. The Morgan fingerprint density at radius 1 is 1.00 bits per heavy atom. The maximum absolute atomic E-state index is 8.00. The molecule has 0 saturated carbocycles. The monoisotopic (exact) mass is 291 g/mol. The van der Waals surface area contributed by atoms with Crippen LogP contribution in [0, 0.1) is 0 Å². The molecule has 2 N–H and O–H groups in total. The van der Waals surface area contributed by atoms with Crippen molar-refractivity contribution in [1.29, 1.82) is 0 Å². The summed E-state index contributed by atoms with van der Waals surface area (Å²) in [4.78, 5) is 8.00. The lowest BCUT2D eigenvalue weighted by Gasteiger charge is -2.14. The fourth-order valence-corrected chi connectivity index (χ4v) is 1.88. The molecule has 0 aliphatic carbocycles. The van der Waals surface area contributed by atoms with Crippen LogP contribution in [0.15, 0.2) is 54.6 Å². The highest BCUT2D eigenvalue weighted by Gasteiger charge is 2.06. The van der Waals surface area contributed by atoms with E-state index < -0.39 is 0 Å². The van der Waals surface area contributed by atoms with E-state index in [9.17, 15) is 0 Å². The zero-order valence-corrected chi connectivity index (χ0v) is 11.9. The summed E-state index contributed by atoms with van der Waals surface area (Å²) >= 11 is 5.74. The van der Waals surface area contributed by atoms with Gasteiger partial charge >= 0.3 is 0 Å². The van der Waals surface area contributed by atoms with Gasteiger partial charge in [0.1, 0.15) is 18.6 Å². The van der Waals surface area contributed by atoms with Crippen LogP contribution in [0.4, 0.5) is 0 Å². The first-order chi connectivity index (χ1) is 9.83. The first-order valence-electron chi connectivity index (χ1n) is 6.20. The highest BCUT2D eigenvalue weighted by atomic mass is 35.5. The number of rotatable bonds is 5. The lowest BCUT2D eigenvalue weighted by Crippen LogP contribution is -2.28. The summed E-state index contributed by atoms with van der Waals surface area (Å²) in [6, 6.07) is 18.2. The lowest BCUT2D eigenvalue weighted by atomic mass is 10.1. The summed E-state index contributed by atoms with van der Waals surface area (Å²) in [5, 5.41) is 0. The molecule has 3 nitrogen and oxygen atoms in total. The molecule has 0 heterocycles. The van der Waals surface area contributed by atoms with Gasteiger partial charge in [0.2, 0.25) is 0 Å². The summed E-state index contributed by atoms with van der Waals surface area (Å²) in [7, 11) is 0. The molecule has 2 rings (SSSR count). The van der Waals surface area contributed by atoms with Gasteiger partial charge in [-0.15, -0.1) is 11.6 Å². The van der Waals surface area contributed by atoms with Gasteiger partial charge in [0.15, 0.2) is 0 Å². The van der Waals surface area contributed by atoms with Crippen molar-refractivity contribution in [2.24, 2.45) is 5.73 Å². The van der Waals surface area contributed by atoms with E-state index in [0.29, 0.717) is 12.4 Å². The van der Waals surface area contributed by atoms with Crippen LogP contribution in [0.5, 0.6) is 5.75 Å². The Balaban J connectivity index is 0.000000956. The van der Waals surface area contributed by atoms with Crippen molar-refractivity contribution in [2.45, 2.75) is 6.10 Å². The molecule has 0 aliphatic heterocycles. The minimum absolute atomic E-state index is 0.130. The Morgan fingerprint density at radius 2 is 1.55 bits per heavy atom. The molecule has 20 heavy (non-hydrogen) atoms. The van der Waals surface area contributed by atoms with Crippen LogP contribution in [0.3, 0.4) is 0 Å². The molecule has 2 aromatic rings. The first kappa shape index (κ1) is 16.2. The fourth-order valence-electron chi connectivity index (χ4n) is 1.69. The summed E-state index contributed by atoms with van der Waals surface area (Å²) < 4.78 is 5.65. The van der Waals surface area contributed by atoms with Gasteiger partial charge in [-0.1, -0.05) is 42.5 Å². The molecule has 0 spiro atoms. The van der Waals surface area contributed by atoms with Gasteiger partial charge in [0, 0.05) is 6.54 Å². The Labute approximate surface area is 124 Å². The van der Waals surface area contributed by atoms with Crippen molar-refractivity contribution in [3.05, 3.63) is 54.6 Å². The van der Waals surface area contributed by atoms with E-state index >= 15 is 0 Å². The second kappa shape index (κ2) is 9.13. The first-order valence-corrected chi connectivity index (χ1v) is 6.74. The molecule has 0 aliphatic rings. The van der Waals surface area contributed by atoms with Crippen LogP contribution >= 0.6 is 11.6 Å². The minimum Gasteiger partial charge on any atom is -0.488 e. The molecule has 1 unspecified atom stereocenters. The summed E-state index contributed by atoms with van der Waals surface area (Å²) in [6.07, 6.45) is -0.130. The van der Waals surface area contributed by atoms with Crippen LogP contribution in [0.1, 0.15) is 0 Å². The zero-order valence-electron chi connectivity index (χ0n) is 11.2. The number of nitrogens with two attached hydrogens (primary N) is 1. The number of carbonyl (C=O) groups is 1. The molecule has 106 valence electrons. The van der Waals surface area contributed by atoms with Crippen LogP contribution < -0.4 is 10.5 Å². The molecule has 0 amide bonds. The number of ether oxygens (including phenoxy) is 1. The average Bonchev–Trinajstić information content (AvgIpc) is 2.56.